The number of piperidine rings is 1. The van der Waals surface area contributed by atoms with Crippen molar-refractivity contribution in [2.75, 3.05) is 32.8 Å². The van der Waals surface area contributed by atoms with Crippen molar-refractivity contribution in [3.8, 4) is 0 Å². The number of rotatable bonds is 5. The van der Waals surface area contributed by atoms with Gasteiger partial charge in [0, 0.05) is 32.3 Å². The van der Waals surface area contributed by atoms with Crippen LogP contribution in [0.15, 0.2) is 0 Å². The third-order valence-corrected chi connectivity index (χ3v) is 3.82. The van der Waals surface area contributed by atoms with Crippen molar-refractivity contribution < 1.29 is 9.53 Å². The number of nitrogens with one attached hydrogen (secondary N) is 1. The largest absolute Gasteiger partial charge is 0.376 e. The minimum absolute atomic E-state index is 0.0921. The van der Waals surface area contributed by atoms with Crippen molar-refractivity contribution in [3.05, 3.63) is 0 Å². The second-order valence-electron chi connectivity index (χ2n) is 4.87. The van der Waals surface area contributed by atoms with E-state index in [4.69, 9.17) is 10.5 Å². The first-order valence-corrected chi connectivity index (χ1v) is 6.59. The van der Waals surface area contributed by atoms with E-state index < -0.39 is 0 Å². The van der Waals surface area contributed by atoms with Crippen LogP contribution in [0.4, 0.5) is 0 Å². The zero-order chi connectivity index (χ0) is 12.3. The summed E-state index contributed by atoms with van der Waals surface area (Å²) in [4.78, 5) is 14.0. The van der Waals surface area contributed by atoms with Crippen molar-refractivity contribution in [2.24, 2.45) is 11.7 Å². The fraction of sp³-hybridized carbons (Fsp3) is 0.917. The molecule has 0 saturated carbocycles. The highest BCUT2D eigenvalue weighted by Crippen LogP contribution is 2.27. The topological polar surface area (TPSA) is 67.6 Å². The molecule has 2 rings (SSSR count). The molecule has 0 aromatic rings. The molecular formula is C12H23N3O2. The highest BCUT2D eigenvalue weighted by Gasteiger charge is 2.40. The van der Waals surface area contributed by atoms with Crippen LogP contribution in [0.1, 0.15) is 19.8 Å². The number of amides is 1. The molecule has 3 atom stereocenters. The number of likely N-dealkylation sites (tertiary alicyclic amines) is 1. The molecule has 5 nitrogen and oxygen atoms in total. The fourth-order valence-corrected chi connectivity index (χ4v) is 2.96. The monoisotopic (exact) mass is 241 g/mol. The number of nitrogens with zero attached hydrogens (tertiary/aromatic N) is 1. The summed E-state index contributed by atoms with van der Waals surface area (Å²) >= 11 is 0. The number of nitrogens with two attached hydrogens (primary N) is 1. The lowest BCUT2D eigenvalue weighted by Gasteiger charge is -2.37. The van der Waals surface area contributed by atoms with E-state index in [1.807, 2.05) is 6.92 Å². The lowest BCUT2D eigenvalue weighted by molar-refractivity contribution is -0.124. The SMILES string of the molecule is CCOC(CN)CN1CCCC2C(=O)NCC21. The summed E-state index contributed by atoms with van der Waals surface area (Å²) in [6.45, 7) is 5.92. The van der Waals surface area contributed by atoms with Crippen LogP contribution in [-0.4, -0.2) is 55.7 Å². The predicted molar refractivity (Wildman–Crippen MR) is 65.6 cm³/mol. The van der Waals surface area contributed by atoms with Gasteiger partial charge in [-0.2, -0.15) is 0 Å². The van der Waals surface area contributed by atoms with Gasteiger partial charge in [0.05, 0.1) is 12.0 Å². The molecule has 3 N–H and O–H groups in total. The number of hydrogen-bond acceptors (Lipinski definition) is 4. The Labute approximate surface area is 103 Å². The quantitative estimate of drug-likeness (QED) is 0.685. The van der Waals surface area contributed by atoms with Gasteiger partial charge in [-0.15, -0.1) is 0 Å². The van der Waals surface area contributed by atoms with Gasteiger partial charge in [0.25, 0.3) is 0 Å². The van der Waals surface area contributed by atoms with Crippen molar-refractivity contribution >= 4 is 5.91 Å². The molecule has 5 heteroatoms. The molecule has 17 heavy (non-hydrogen) atoms. The molecule has 2 aliphatic heterocycles. The van der Waals surface area contributed by atoms with Crippen LogP contribution in [-0.2, 0) is 9.53 Å². The summed E-state index contributed by atoms with van der Waals surface area (Å²) in [7, 11) is 0. The summed E-state index contributed by atoms with van der Waals surface area (Å²) in [6.07, 6.45) is 2.21. The van der Waals surface area contributed by atoms with Crippen LogP contribution < -0.4 is 11.1 Å². The summed E-state index contributed by atoms with van der Waals surface area (Å²) in [6, 6.07) is 0.353. The molecule has 0 aliphatic carbocycles. The van der Waals surface area contributed by atoms with Crippen LogP contribution in [0, 0.1) is 5.92 Å². The van der Waals surface area contributed by atoms with Gasteiger partial charge >= 0.3 is 0 Å². The van der Waals surface area contributed by atoms with Crippen LogP contribution >= 0.6 is 0 Å². The Morgan fingerprint density at radius 2 is 2.47 bits per heavy atom. The van der Waals surface area contributed by atoms with E-state index in [2.05, 4.69) is 10.2 Å². The molecule has 98 valence electrons. The second-order valence-corrected chi connectivity index (χ2v) is 4.87. The third-order valence-electron chi connectivity index (χ3n) is 3.82. The van der Waals surface area contributed by atoms with Gasteiger partial charge in [0.2, 0.25) is 5.91 Å². The normalized spacial score (nSPS) is 31.1. The van der Waals surface area contributed by atoms with E-state index in [-0.39, 0.29) is 17.9 Å². The lowest BCUT2D eigenvalue weighted by atomic mass is 9.91. The second kappa shape index (κ2) is 5.80. The van der Waals surface area contributed by atoms with Gasteiger partial charge in [0.15, 0.2) is 0 Å². The first-order valence-electron chi connectivity index (χ1n) is 6.59. The average molecular weight is 241 g/mol. The molecule has 1 amide bonds. The minimum atomic E-state index is 0.0921. The first kappa shape index (κ1) is 12.8. The Morgan fingerprint density at radius 3 is 3.18 bits per heavy atom. The van der Waals surface area contributed by atoms with Crippen LogP contribution in [0.25, 0.3) is 0 Å². The van der Waals surface area contributed by atoms with E-state index in [0.717, 1.165) is 32.5 Å². The Balaban J connectivity index is 1.93. The molecule has 2 heterocycles. The van der Waals surface area contributed by atoms with Crippen molar-refractivity contribution in [2.45, 2.75) is 31.9 Å². The summed E-state index contributed by atoms with van der Waals surface area (Å²) in [5, 5.41) is 2.96. The predicted octanol–water partition coefficient (Wildman–Crippen LogP) is -0.439. The van der Waals surface area contributed by atoms with Crippen molar-refractivity contribution in [1.82, 2.24) is 10.2 Å². The van der Waals surface area contributed by atoms with E-state index in [0.29, 0.717) is 19.2 Å². The minimum Gasteiger partial charge on any atom is -0.376 e. The highest BCUT2D eigenvalue weighted by atomic mass is 16.5. The van der Waals surface area contributed by atoms with E-state index in [1.165, 1.54) is 0 Å². The molecule has 0 spiro atoms. The first-order chi connectivity index (χ1) is 8.26. The van der Waals surface area contributed by atoms with Gasteiger partial charge in [-0.25, -0.2) is 0 Å². The summed E-state index contributed by atoms with van der Waals surface area (Å²) < 4.78 is 5.60. The van der Waals surface area contributed by atoms with Gasteiger partial charge in [0.1, 0.15) is 0 Å². The summed E-state index contributed by atoms with van der Waals surface area (Å²) in [5.74, 6) is 0.407. The maximum Gasteiger partial charge on any atom is 0.224 e. The number of carbonyl (C=O) groups is 1. The molecule has 0 radical (unpaired) electrons. The van der Waals surface area contributed by atoms with E-state index >= 15 is 0 Å². The molecule has 0 bridgehead atoms. The van der Waals surface area contributed by atoms with Gasteiger partial charge < -0.3 is 15.8 Å². The lowest BCUT2D eigenvalue weighted by Crippen LogP contribution is -2.50. The average Bonchev–Trinajstić information content (AvgIpc) is 2.72. The molecule has 2 saturated heterocycles. The third kappa shape index (κ3) is 2.78. The molecule has 0 aromatic heterocycles. The van der Waals surface area contributed by atoms with E-state index in [1.54, 1.807) is 0 Å². The molecule has 2 fully saturated rings. The van der Waals surface area contributed by atoms with Crippen LogP contribution in [0.2, 0.25) is 0 Å². The Hall–Kier alpha value is -0.650. The van der Waals surface area contributed by atoms with E-state index in [9.17, 15) is 4.79 Å². The smallest absolute Gasteiger partial charge is 0.224 e. The van der Waals surface area contributed by atoms with Gasteiger partial charge in [-0.1, -0.05) is 0 Å². The van der Waals surface area contributed by atoms with Crippen LogP contribution in [0.3, 0.4) is 0 Å². The fourth-order valence-electron chi connectivity index (χ4n) is 2.96. The van der Waals surface area contributed by atoms with Gasteiger partial charge in [-0.3, -0.25) is 9.69 Å². The molecule has 3 unspecified atom stereocenters. The number of carbonyl (C=O) groups excluding carboxylic acids is 1. The maximum atomic E-state index is 11.6. The number of ether oxygens (including phenoxy) is 1. The molecule has 0 aromatic carbocycles. The molecular weight excluding hydrogens is 218 g/mol. The Kier molecular flexibility index (Phi) is 4.36. The Morgan fingerprint density at radius 1 is 1.65 bits per heavy atom. The number of hydrogen-bond donors (Lipinski definition) is 2. The van der Waals surface area contributed by atoms with Crippen LogP contribution in [0.5, 0.6) is 0 Å². The standard InChI is InChI=1S/C12H23N3O2/c1-2-17-9(6-13)8-15-5-3-4-10-11(15)7-14-12(10)16/h9-11H,2-8,13H2,1H3,(H,14,16). The van der Waals surface area contributed by atoms with Gasteiger partial charge in [-0.05, 0) is 26.3 Å². The zero-order valence-corrected chi connectivity index (χ0v) is 10.5. The van der Waals surface area contributed by atoms with Crippen molar-refractivity contribution in [3.63, 3.8) is 0 Å². The van der Waals surface area contributed by atoms with Crippen molar-refractivity contribution in [1.29, 1.82) is 0 Å². The molecule has 2 aliphatic rings. The number of fused-ring (bicyclic) bond motifs is 1. The Bertz CT molecular complexity index is 272. The highest BCUT2D eigenvalue weighted by molar-refractivity contribution is 5.82. The summed E-state index contributed by atoms with van der Waals surface area (Å²) in [5.41, 5.74) is 5.71. The maximum absolute atomic E-state index is 11.6. The zero-order valence-electron chi connectivity index (χ0n) is 10.5.